The number of fused-ring (bicyclic) bond motifs is 1. The predicted octanol–water partition coefficient (Wildman–Crippen LogP) is 4.96. The van der Waals surface area contributed by atoms with Gasteiger partial charge in [0.15, 0.2) is 0 Å². The molecule has 1 aliphatic heterocycles. The lowest BCUT2D eigenvalue weighted by Gasteiger charge is -2.15. The summed E-state index contributed by atoms with van der Waals surface area (Å²) in [6.45, 7) is 0. The SMILES string of the molecule is Fc1ccc(/C=C2\OC(C(F)(F)F)c3ccccc32)cc1. The Hall–Kier alpha value is -2.30. The molecule has 2 aromatic rings. The van der Waals surface area contributed by atoms with Gasteiger partial charge in [-0.15, -0.1) is 0 Å². The molecule has 1 heterocycles. The van der Waals surface area contributed by atoms with Crippen molar-refractivity contribution >= 4 is 11.8 Å². The molecular formula is C16H10F4O. The Morgan fingerprint density at radius 3 is 2.29 bits per heavy atom. The number of rotatable bonds is 1. The molecule has 5 heteroatoms. The largest absolute Gasteiger partial charge is 0.475 e. The quantitative estimate of drug-likeness (QED) is 0.676. The van der Waals surface area contributed by atoms with E-state index in [0.717, 1.165) is 0 Å². The Bertz CT molecular complexity index is 686. The highest BCUT2D eigenvalue weighted by atomic mass is 19.4. The Kier molecular flexibility index (Phi) is 3.20. The van der Waals surface area contributed by atoms with Gasteiger partial charge in [-0.1, -0.05) is 36.4 Å². The van der Waals surface area contributed by atoms with E-state index < -0.39 is 18.1 Å². The van der Waals surface area contributed by atoms with E-state index in [1.807, 2.05) is 0 Å². The first kappa shape index (κ1) is 13.7. The second kappa shape index (κ2) is 4.91. The first-order chi connectivity index (χ1) is 9.95. The maximum atomic E-state index is 13.0. The highest BCUT2D eigenvalue weighted by Gasteiger charge is 2.48. The van der Waals surface area contributed by atoms with Crippen LogP contribution in [0.3, 0.4) is 0 Å². The zero-order valence-corrected chi connectivity index (χ0v) is 10.7. The Labute approximate surface area is 118 Å². The minimum Gasteiger partial charge on any atom is -0.475 e. The Morgan fingerprint density at radius 2 is 1.62 bits per heavy atom. The van der Waals surface area contributed by atoms with Crippen molar-refractivity contribution < 1.29 is 22.3 Å². The van der Waals surface area contributed by atoms with Gasteiger partial charge in [0, 0.05) is 11.1 Å². The van der Waals surface area contributed by atoms with Crippen LogP contribution in [0.1, 0.15) is 22.8 Å². The first-order valence-corrected chi connectivity index (χ1v) is 6.25. The van der Waals surface area contributed by atoms with Gasteiger partial charge >= 0.3 is 6.18 Å². The molecule has 0 aromatic heterocycles. The summed E-state index contributed by atoms with van der Waals surface area (Å²) in [6.07, 6.45) is -4.96. The highest BCUT2D eigenvalue weighted by molar-refractivity contribution is 5.81. The summed E-state index contributed by atoms with van der Waals surface area (Å²) in [5.41, 5.74) is 1.08. The van der Waals surface area contributed by atoms with Gasteiger partial charge in [0.25, 0.3) is 0 Å². The summed E-state index contributed by atoms with van der Waals surface area (Å²) >= 11 is 0. The van der Waals surface area contributed by atoms with Crippen molar-refractivity contribution in [3.8, 4) is 0 Å². The number of hydrogen-bond acceptors (Lipinski definition) is 1. The average molecular weight is 294 g/mol. The van der Waals surface area contributed by atoms with Crippen molar-refractivity contribution in [3.05, 3.63) is 71.0 Å². The van der Waals surface area contributed by atoms with E-state index in [1.54, 1.807) is 18.2 Å². The van der Waals surface area contributed by atoms with Crippen LogP contribution in [0, 0.1) is 5.82 Å². The van der Waals surface area contributed by atoms with Crippen LogP contribution in [0.15, 0.2) is 48.5 Å². The van der Waals surface area contributed by atoms with Crippen molar-refractivity contribution in [2.45, 2.75) is 12.3 Å². The van der Waals surface area contributed by atoms with E-state index in [-0.39, 0.29) is 11.3 Å². The highest BCUT2D eigenvalue weighted by Crippen LogP contribution is 2.47. The molecule has 0 saturated carbocycles. The lowest BCUT2D eigenvalue weighted by Crippen LogP contribution is -2.19. The number of halogens is 4. The standard InChI is InChI=1S/C16H10F4O/c17-11-7-5-10(6-8-11)9-14-12-3-1-2-4-13(12)15(21-14)16(18,19)20/h1-9,15H/b14-9-. The minimum absolute atomic E-state index is 0.0957. The maximum absolute atomic E-state index is 13.0. The van der Waals surface area contributed by atoms with Crippen LogP contribution in [0.25, 0.3) is 11.8 Å². The average Bonchev–Trinajstić information content (AvgIpc) is 2.81. The number of ether oxygens (including phenoxy) is 1. The Balaban J connectivity index is 2.03. The molecule has 3 rings (SSSR count). The molecule has 0 N–H and O–H groups in total. The Morgan fingerprint density at radius 1 is 0.952 bits per heavy atom. The molecular weight excluding hydrogens is 284 g/mol. The molecule has 1 atom stereocenters. The van der Waals surface area contributed by atoms with Gasteiger partial charge < -0.3 is 4.74 Å². The fourth-order valence-electron chi connectivity index (χ4n) is 2.27. The van der Waals surface area contributed by atoms with Gasteiger partial charge in [-0.25, -0.2) is 4.39 Å². The van der Waals surface area contributed by atoms with Crippen molar-refractivity contribution in [2.75, 3.05) is 0 Å². The number of benzene rings is 2. The molecule has 21 heavy (non-hydrogen) atoms. The summed E-state index contributed by atoms with van der Waals surface area (Å²) in [7, 11) is 0. The molecule has 0 radical (unpaired) electrons. The van der Waals surface area contributed by atoms with Crippen molar-refractivity contribution in [3.63, 3.8) is 0 Å². The van der Waals surface area contributed by atoms with Crippen molar-refractivity contribution in [1.29, 1.82) is 0 Å². The number of hydrogen-bond donors (Lipinski definition) is 0. The second-order valence-electron chi connectivity index (χ2n) is 4.69. The molecule has 1 aliphatic rings. The van der Waals surface area contributed by atoms with Crippen LogP contribution in [-0.2, 0) is 4.74 Å². The predicted molar refractivity (Wildman–Crippen MR) is 70.6 cm³/mol. The topological polar surface area (TPSA) is 9.23 Å². The van der Waals surface area contributed by atoms with E-state index in [1.165, 1.54) is 36.4 Å². The zero-order chi connectivity index (χ0) is 15.0. The van der Waals surface area contributed by atoms with Crippen molar-refractivity contribution in [2.24, 2.45) is 0 Å². The smallest absolute Gasteiger partial charge is 0.429 e. The monoisotopic (exact) mass is 294 g/mol. The van der Waals surface area contributed by atoms with E-state index in [4.69, 9.17) is 4.74 Å². The summed E-state index contributed by atoms with van der Waals surface area (Å²) in [5, 5.41) is 0. The first-order valence-electron chi connectivity index (χ1n) is 6.25. The van der Waals surface area contributed by atoms with Gasteiger partial charge in [0.2, 0.25) is 6.10 Å². The van der Waals surface area contributed by atoms with Crippen LogP contribution < -0.4 is 0 Å². The van der Waals surface area contributed by atoms with Crippen molar-refractivity contribution in [1.82, 2.24) is 0 Å². The second-order valence-corrected chi connectivity index (χ2v) is 4.69. The van der Waals surface area contributed by atoms with E-state index in [9.17, 15) is 17.6 Å². The summed E-state index contributed by atoms with van der Waals surface area (Å²) < 4.78 is 56.9. The van der Waals surface area contributed by atoms with Gasteiger partial charge in [0.1, 0.15) is 11.6 Å². The van der Waals surface area contributed by atoms with Gasteiger partial charge in [-0.2, -0.15) is 13.2 Å². The molecule has 0 saturated heterocycles. The molecule has 2 aromatic carbocycles. The third kappa shape index (κ3) is 2.63. The third-order valence-corrected chi connectivity index (χ3v) is 3.22. The van der Waals surface area contributed by atoms with Gasteiger partial charge in [0.05, 0.1) is 0 Å². The molecule has 0 spiro atoms. The van der Waals surface area contributed by atoms with Crippen LogP contribution in [-0.4, -0.2) is 6.18 Å². The fraction of sp³-hybridized carbons (Fsp3) is 0.125. The third-order valence-electron chi connectivity index (χ3n) is 3.22. The van der Waals surface area contributed by atoms with Crippen LogP contribution in [0.5, 0.6) is 0 Å². The molecule has 1 nitrogen and oxygen atoms in total. The van der Waals surface area contributed by atoms with Gasteiger partial charge in [-0.05, 0) is 23.8 Å². The summed E-state index contributed by atoms with van der Waals surface area (Å²) in [5.74, 6) is -0.266. The molecule has 0 amide bonds. The lowest BCUT2D eigenvalue weighted by molar-refractivity contribution is -0.201. The molecule has 108 valence electrons. The van der Waals surface area contributed by atoms with E-state index >= 15 is 0 Å². The summed E-state index contributed by atoms with van der Waals surface area (Å²) in [6, 6.07) is 11.6. The minimum atomic E-state index is -4.48. The summed E-state index contributed by atoms with van der Waals surface area (Å²) in [4.78, 5) is 0. The van der Waals surface area contributed by atoms with Crippen LogP contribution >= 0.6 is 0 Å². The molecule has 1 unspecified atom stereocenters. The van der Waals surface area contributed by atoms with E-state index in [2.05, 4.69) is 0 Å². The van der Waals surface area contributed by atoms with Crippen LogP contribution in [0.2, 0.25) is 0 Å². The maximum Gasteiger partial charge on any atom is 0.429 e. The normalized spacial score (nSPS) is 19.4. The van der Waals surface area contributed by atoms with Crippen LogP contribution in [0.4, 0.5) is 17.6 Å². The fourth-order valence-corrected chi connectivity index (χ4v) is 2.27. The van der Waals surface area contributed by atoms with E-state index in [0.29, 0.717) is 11.1 Å². The lowest BCUT2D eigenvalue weighted by atomic mass is 10.0. The van der Waals surface area contributed by atoms with Gasteiger partial charge in [-0.3, -0.25) is 0 Å². The molecule has 0 bridgehead atoms. The number of alkyl halides is 3. The molecule has 0 aliphatic carbocycles. The molecule has 0 fully saturated rings. The zero-order valence-electron chi connectivity index (χ0n) is 10.7.